The van der Waals surface area contributed by atoms with Gasteiger partial charge in [-0.3, -0.25) is 0 Å². The summed E-state index contributed by atoms with van der Waals surface area (Å²) in [4.78, 5) is 17.9. The van der Waals surface area contributed by atoms with Gasteiger partial charge in [0, 0.05) is 44.1 Å². The third-order valence-corrected chi connectivity index (χ3v) is 3.65. The first kappa shape index (κ1) is 14.6. The van der Waals surface area contributed by atoms with Gasteiger partial charge in [0.1, 0.15) is 5.82 Å². The molecule has 22 heavy (non-hydrogen) atoms. The third kappa shape index (κ3) is 3.27. The summed E-state index contributed by atoms with van der Waals surface area (Å²) in [6.45, 7) is 8.14. The molecule has 0 unspecified atom stereocenters. The number of rotatable bonds is 4. The Hall–Kier alpha value is -2.37. The van der Waals surface area contributed by atoms with Crippen LogP contribution < -0.4 is 14.5 Å². The Kier molecular flexibility index (Phi) is 4.37. The van der Waals surface area contributed by atoms with Crippen molar-refractivity contribution in [3.8, 4) is 5.88 Å². The van der Waals surface area contributed by atoms with E-state index in [2.05, 4.69) is 24.8 Å². The average molecular weight is 299 g/mol. The first-order valence-corrected chi connectivity index (χ1v) is 7.65. The monoisotopic (exact) mass is 299 g/mol. The molecule has 1 aliphatic heterocycles. The highest BCUT2D eigenvalue weighted by Gasteiger charge is 2.20. The van der Waals surface area contributed by atoms with Crippen LogP contribution in [0.5, 0.6) is 5.88 Å². The lowest BCUT2D eigenvalue weighted by molar-refractivity contribution is 0.325. The zero-order valence-corrected chi connectivity index (χ0v) is 13.1. The molecule has 2 aromatic heterocycles. The molecule has 1 aliphatic rings. The lowest BCUT2D eigenvalue weighted by atomic mass is 10.3. The molecule has 0 aromatic carbocycles. The molecule has 0 saturated carbocycles. The van der Waals surface area contributed by atoms with E-state index in [4.69, 9.17) is 4.74 Å². The van der Waals surface area contributed by atoms with Crippen LogP contribution in [0.25, 0.3) is 0 Å². The van der Waals surface area contributed by atoms with Crippen LogP contribution in [0.4, 0.5) is 11.8 Å². The van der Waals surface area contributed by atoms with Gasteiger partial charge in [-0.2, -0.15) is 4.98 Å². The van der Waals surface area contributed by atoms with E-state index in [1.807, 2.05) is 44.3 Å². The maximum Gasteiger partial charge on any atom is 0.228 e. The quantitative estimate of drug-likeness (QED) is 0.859. The van der Waals surface area contributed by atoms with Gasteiger partial charge in [0.25, 0.3) is 0 Å². The fraction of sp³-hybridized carbons (Fsp3) is 0.438. The first-order valence-electron chi connectivity index (χ1n) is 7.65. The van der Waals surface area contributed by atoms with Gasteiger partial charge in [-0.15, -0.1) is 0 Å². The molecule has 1 fully saturated rings. The Balaban J connectivity index is 1.68. The number of hydrogen-bond donors (Lipinski definition) is 0. The highest BCUT2D eigenvalue weighted by molar-refractivity contribution is 5.42. The molecule has 1 saturated heterocycles. The van der Waals surface area contributed by atoms with Gasteiger partial charge in [-0.25, -0.2) is 9.97 Å². The van der Waals surface area contributed by atoms with Crippen LogP contribution in [0.3, 0.4) is 0 Å². The van der Waals surface area contributed by atoms with Gasteiger partial charge in [0.15, 0.2) is 0 Å². The van der Waals surface area contributed by atoms with Crippen molar-refractivity contribution >= 4 is 11.8 Å². The van der Waals surface area contributed by atoms with E-state index in [-0.39, 0.29) is 0 Å². The van der Waals surface area contributed by atoms with Gasteiger partial charge in [-0.05, 0) is 26.0 Å². The Morgan fingerprint density at radius 3 is 2.55 bits per heavy atom. The van der Waals surface area contributed by atoms with Crippen LogP contribution in [0.1, 0.15) is 12.6 Å². The molecule has 0 amide bonds. The number of ether oxygens (including phenoxy) is 1. The Labute approximate surface area is 130 Å². The molecule has 0 N–H and O–H groups in total. The summed E-state index contributed by atoms with van der Waals surface area (Å²) in [5.41, 5.74) is 0.931. The molecule has 6 heteroatoms. The minimum atomic E-state index is 0.614. The van der Waals surface area contributed by atoms with Crippen LogP contribution in [0.15, 0.2) is 30.5 Å². The summed E-state index contributed by atoms with van der Waals surface area (Å²) in [6, 6.07) is 7.88. The summed E-state index contributed by atoms with van der Waals surface area (Å²) in [5.74, 6) is 2.43. The Bertz CT molecular complexity index is 611. The van der Waals surface area contributed by atoms with E-state index < -0.39 is 0 Å². The molecular formula is C16H21N5O. The molecular weight excluding hydrogens is 278 g/mol. The molecule has 116 valence electrons. The van der Waals surface area contributed by atoms with Crippen molar-refractivity contribution in [3.05, 3.63) is 36.2 Å². The highest BCUT2D eigenvalue weighted by atomic mass is 16.5. The Morgan fingerprint density at radius 2 is 1.86 bits per heavy atom. The van der Waals surface area contributed by atoms with Crippen molar-refractivity contribution < 1.29 is 4.74 Å². The van der Waals surface area contributed by atoms with Crippen LogP contribution >= 0.6 is 0 Å². The van der Waals surface area contributed by atoms with Crippen LogP contribution in [-0.2, 0) is 0 Å². The maximum atomic E-state index is 5.51. The molecule has 0 bridgehead atoms. The van der Waals surface area contributed by atoms with E-state index in [1.54, 1.807) is 0 Å². The van der Waals surface area contributed by atoms with Crippen molar-refractivity contribution in [2.24, 2.45) is 0 Å². The first-order chi connectivity index (χ1) is 10.8. The van der Waals surface area contributed by atoms with E-state index in [0.717, 1.165) is 43.6 Å². The van der Waals surface area contributed by atoms with Gasteiger partial charge in [0.2, 0.25) is 11.8 Å². The molecule has 2 aromatic rings. The van der Waals surface area contributed by atoms with Gasteiger partial charge >= 0.3 is 0 Å². The van der Waals surface area contributed by atoms with Crippen LogP contribution in [0, 0.1) is 6.92 Å². The highest BCUT2D eigenvalue weighted by Crippen LogP contribution is 2.19. The SMILES string of the molecule is CCOc1cc(C)nc(N2CCN(c3ccccn3)CC2)n1. The number of pyridine rings is 1. The molecule has 0 aliphatic carbocycles. The van der Waals surface area contributed by atoms with Crippen molar-refractivity contribution in [2.75, 3.05) is 42.6 Å². The molecule has 3 rings (SSSR count). The van der Waals surface area contributed by atoms with Crippen molar-refractivity contribution in [1.29, 1.82) is 0 Å². The van der Waals surface area contributed by atoms with Gasteiger partial charge < -0.3 is 14.5 Å². The second-order valence-electron chi connectivity index (χ2n) is 5.24. The number of hydrogen-bond acceptors (Lipinski definition) is 6. The smallest absolute Gasteiger partial charge is 0.228 e. The largest absolute Gasteiger partial charge is 0.478 e. The summed E-state index contributed by atoms with van der Waals surface area (Å²) in [7, 11) is 0. The molecule has 0 radical (unpaired) electrons. The van der Waals surface area contributed by atoms with Crippen molar-refractivity contribution in [2.45, 2.75) is 13.8 Å². The second-order valence-corrected chi connectivity index (χ2v) is 5.24. The average Bonchev–Trinajstić information content (AvgIpc) is 2.56. The van der Waals surface area contributed by atoms with Crippen LogP contribution in [0.2, 0.25) is 0 Å². The summed E-state index contributed by atoms with van der Waals surface area (Å²) < 4.78 is 5.51. The van der Waals surface area contributed by atoms with Crippen LogP contribution in [-0.4, -0.2) is 47.7 Å². The van der Waals surface area contributed by atoms with Gasteiger partial charge in [0.05, 0.1) is 6.61 Å². The number of anilines is 2. The Morgan fingerprint density at radius 1 is 1.09 bits per heavy atom. The third-order valence-electron chi connectivity index (χ3n) is 3.65. The van der Waals surface area contributed by atoms with E-state index >= 15 is 0 Å². The fourth-order valence-corrected chi connectivity index (χ4v) is 2.56. The van der Waals surface area contributed by atoms with Crippen molar-refractivity contribution in [3.63, 3.8) is 0 Å². The number of piperazine rings is 1. The van der Waals surface area contributed by atoms with E-state index in [0.29, 0.717) is 12.5 Å². The summed E-state index contributed by atoms with van der Waals surface area (Å²) in [5, 5.41) is 0. The summed E-state index contributed by atoms with van der Waals surface area (Å²) >= 11 is 0. The number of aromatic nitrogens is 3. The maximum absolute atomic E-state index is 5.51. The minimum absolute atomic E-state index is 0.614. The van der Waals surface area contributed by atoms with Gasteiger partial charge in [-0.1, -0.05) is 6.07 Å². The standard InChI is InChI=1S/C16H21N5O/c1-3-22-15-12-13(2)18-16(19-15)21-10-8-20(9-11-21)14-6-4-5-7-17-14/h4-7,12H,3,8-11H2,1-2H3. The second kappa shape index (κ2) is 6.60. The number of aryl methyl sites for hydroxylation is 1. The zero-order valence-electron chi connectivity index (χ0n) is 13.1. The predicted molar refractivity (Wildman–Crippen MR) is 86.6 cm³/mol. The van der Waals surface area contributed by atoms with E-state index in [1.165, 1.54) is 0 Å². The molecule has 0 atom stereocenters. The van der Waals surface area contributed by atoms with E-state index in [9.17, 15) is 0 Å². The van der Waals surface area contributed by atoms with Crippen molar-refractivity contribution in [1.82, 2.24) is 15.0 Å². The molecule has 3 heterocycles. The normalized spacial score (nSPS) is 15.0. The zero-order chi connectivity index (χ0) is 15.4. The lowest BCUT2D eigenvalue weighted by Crippen LogP contribution is -2.47. The molecule has 0 spiro atoms. The summed E-state index contributed by atoms with van der Waals surface area (Å²) in [6.07, 6.45) is 1.83. The molecule has 6 nitrogen and oxygen atoms in total. The predicted octanol–water partition coefficient (Wildman–Crippen LogP) is 1.91. The number of nitrogens with zero attached hydrogens (tertiary/aromatic N) is 5. The topological polar surface area (TPSA) is 54.4 Å². The fourth-order valence-electron chi connectivity index (χ4n) is 2.56. The lowest BCUT2D eigenvalue weighted by Gasteiger charge is -2.35. The minimum Gasteiger partial charge on any atom is -0.478 e.